The largest absolute Gasteiger partial charge is 0.360 e. The highest BCUT2D eigenvalue weighted by molar-refractivity contribution is 6.35. The molecule has 1 aromatic heterocycles. The molecule has 1 aromatic carbocycles. The molecule has 1 fully saturated rings. The van der Waals surface area contributed by atoms with Crippen molar-refractivity contribution in [1.29, 1.82) is 0 Å². The minimum absolute atomic E-state index is 0.749. The third-order valence-corrected chi connectivity index (χ3v) is 4.25. The van der Waals surface area contributed by atoms with Crippen molar-refractivity contribution in [2.24, 2.45) is 0 Å². The maximum absolute atomic E-state index is 6.16. The van der Waals surface area contributed by atoms with Gasteiger partial charge in [-0.05, 0) is 37.4 Å². The van der Waals surface area contributed by atoms with Gasteiger partial charge in [0.15, 0.2) is 0 Å². The van der Waals surface area contributed by atoms with Crippen LogP contribution in [0.3, 0.4) is 0 Å². The van der Waals surface area contributed by atoms with Crippen LogP contribution >= 0.6 is 11.6 Å². The molecule has 1 aliphatic rings. The van der Waals surface area contributed by atoms with E-state index in [4.69, 9.17) is 11.6 Å². The average molecular weight is 263 g/mol. The number of aromatic nitrogens is 1. The van der Waals surface area contributed by atoms with Gasteiger partial charge in [0.2, 0.25) is 0 Å². The van der Waals surface area contributed by atoms with E-state index in [9.17, 15) is 0 Å². The first-order valence-electron chi connectivity index (χ1n) is 6.82. The molecule has 3 heteroatoms. The molecule has 1 aliphatic carbocycles. The van der Waals surface area contributed by atoms with Gasteiger partial charge in [-0.2, -0.15) is 0 Å². The first kappa shape index (κ1) is 12.1. The molecule has 2 N–H and O–H groups in total. The van der Waals surface area contributed by atoms with Crippen molar-refractivity contribution in [2.45, 2.75) is 38.1 Å². The number of halogens is 1. The van der Waals surface area contributed by atoms with Gasteiger partial charge < -0.3 is 10.3 Å². The molecule has 18 heavy (non-hydrogen) atoms. The third-order valence-electron chi connectivity index (χ3n) is 3.93. The van der Waals surface area contributed by atoms with Crippen LogP contribution in [-0.4, -0.2) is 17.6 Å². The summed E-state index contributed by atoms with van der Waals surface area (Å²) in [6.45, 7) is 1.06. The lowest BCUT2D eigenvalue weighted by Gasteiger charge is -2.10. The van der Waals surface area contributed by atoms with Gasteiger partial charge in [-0.3, -0.25) is 0 Å². The Morgan fingerprint density at radius 1 is 1.28 bits per heavy atom. The Labute approximate surface area is 113 Å². The van der Waals surface area contributed by atoms with E-state index in [1.807, 2.05) is 12.1 Å². The smallest absolute Gasteiger partial charge is 0.0647 e. The highest BCUT2D eigenvalue weighted by atomic mass is 35.5. The van der Waals surface area contributed by atoms with Gasteiger partial charge in [-0.1, -0.05) is 36.6 Å². The lowest BCUT2D eigenvalue weighted by atomic mass is 10.1. The molecule has 0 radical (unpaired) electrons. The number of rotatable bonds is 4. The average Bonchev–Trinajstić information content (AvgIpc) is 3.00. The summed E-state index contributed by atoms with van der Waals surface area (Å²) >= 11 is 6.16. The Morgan fingerprint density at radius 3 is 2.94 bits per heavy atom. The molecule has 0 atom stereocenters. The summed E-state index contributed by atoms with van der Waals surface area (Å²) in [4.78, 5) is 3.28. The van der Waals surface area contributed by atoms with E-state index in [0.29, 0.717) is 0 Å². The predicted octanol–water partition coefficient (Wildman–Crippen LogP) is 3.90. The second-order valence-corrected chi connectivity index (χ2v) is 5.57. The van der Waals surface area contributed by atoms with Crippen LogP contribution in [0.4, 0.5) is 0 Å². The summed E-state index contributed by atoms with van der Waals surface area (Å²) in [6, 6.07) is 6.84. The maximum Gasteiger partial charge on any atom is 0.0647 e. The SMILES string of the molecule is Clc1cccc2c(CCNC3CCCC3)c[nH]c12. The zero-order valence-electron chi connectivity index (χ0n) is 10.5. The monoisotopic (exact) mass is 262 g/mol. The van der Waals surface area contributed by atoms with Crippen molar-refractivity contribution < 1.29 is 0 Å². The highest BCUT2D eigenvalue weighted by Crippen LogP contribution is 2.25. The van der Waals surface area contributed by atoms with Gasteiger partial charge in [0.25, 0.3) is 0 Å². The van der Waals surface area contributed by atoms with E-state index < -0.39 is 0 Å². The molecular formula is C15H19ClN2. The Kier molecular flexibility index (Phi) is 3.57. The van der Waals surface area contributed by atoms with E-state index in [-0.39, 0.29) is 0 Å². The van der Waals surface area contributed by atoms with Gasteiger partial charge in [0.1, 0.15) is 0 Å². The molecule has 1 saturated carbocycles. The minimum atomic E-state index is 0.749. The Bertz CT molecular complexity index is 526. The molecule has 0 unspecified atom stereocenters. The fourth-order valence-electron chi connectivity index (χ4n) is 2.92. The van der Waals surface area contributed by atoms with Crippen LogP contribution in [0.2, 0.25) is 5.02 Å². The summed E-state index contributed by atoms with van der Waals surface area (Å²) in [5, 5.41) is 5.72. The van der Waals surface area contributed by atoms with Crippen LogP contribution in [-0.2, 0) is 6.42 Å². The molecule has 2 nitrogen and oxygen atoms in total. The number of H-pyrrole nitrogens is 1. The number of aromatic amines is 1. The van der Waals surface area contributed by atoms with Crippen molar-refractivity contribution in [2.75, 3.05) is 6.54 Å². The zero-order valence-corrected chi connectivity index (χ0v) is 11.3. The number of hydrogen-bond acceptors (Lipinski definition) is 1. The quantitative estimate of drug-likeness (QED) is 0.859. The highest BCUT2D eigenvalue weighted by Gasteiger charge is 2.14. The fraction of sp³-hybridized carbons (Fsp3) is 0.467. The van der Waals surface area contributed by atoms with Gasteiger partial charge >= 0.3 is 0 Å². The number of hydrogen-bond donors (Lipinski definition) is 2. The van der Waals surface area contributed by atoms with Crippen LogP contribution < -0.4 is 5.32 Å². The summed E-state index contributed by atoms with van der Waals surface area (Å²) in [6.07, 6.45) is 8.63. The second kappa shape index (κ2) is 5.33. The predicted molar refractivity (Wildman–Crippen MR) is 77.3 cm³/mol. The number of nitrogens with one attached hydrogen (secondary N) is 2. The van der Waals surface area contributed by atoms with Crippen molar-refractivity contribution in [3.63, 3.8) is 0 Å². The topological polar surface area (TPSA) is 27.8 Å². The molecule has 3 rings (SSSR count). The Hall–Kier alpha value is -0.990. The van der Waals surface area contributed by atoms with Crippen LogP contribution in [0.5, 0.6) is 0 Å². The van der Waals surface area contributed by atoms with Crippen LogP contribution in [0.25, 0.3) is 10.9 Å². The second-order valence-electron chi connectivity index (χ2n) is 5.16. The molecule has 0 amide bonds. The Balaban J connectivity index is 1.65. The minimum Gasteiger partial charge on any atom is -0.360 e. The molecule has 0 aliphatic heterocycles. The van der Waals surface area contributed by atoms with Crippen LogP contribution in [0.1, 0.15) is 31.2 Å². The van der Waals surface area contributed by atoms with Crippen LogP contribution in [0.15, 0.2) is 24.4 Å². The van der Waals surface area contributed by atoms with E-state index in [1.165, 1.54) is 36.6 Å². The standard InChI is InChI=1S/C15H19ClN2/c16-14-7-3-6-13-11(10-18-15(13)14)8-9-17-12-4-1-2-5-12/h3,6-7,10,12,17-18H,1-2,4-5,8-9H2. The molecule has 0 spiro atoms. The molecule has 0 bridgehead atoms. The Morgan fingerprint density at radius 2 is 2.11 bits per heavy atom. The van der Waals surface area contributed by atoms with Crippen molar-refractivity contribution >= 4 is 22.5 Å². The molecule has 96 valence electrons. The fourth-order valence-corrected chi connectivity index (χ4v) is 3.15. The lowest BCUT2D eigenvalue weighted by molar-refractivity contribution is 0.528. The summed E-state index contributed by atoms with van der Waals surface area (Å²) < 4.78 is 0. The van der Waals surface area contributed by atoms with Crippen LogP contribution in [0, 0.1) is 0 Å². The van der Waals surface area contributed by atoms with Crippen molar-refractivity contribution in [3.8, 4) is 0 Å². The number of para-hydroxylation sites is 1. The van der Waals surface area contributed by atoms with E-state index >= 15 is 0 Å². The van der Waals surface area contributed by atoms with E-state index in [0.717, 1.165) is 29.5 Å². The first-order chi connectivity index (χ1) is 8.84. The summed E-state index contributed by atoms with van der Waals surface area (Å²) in [5.41, 5.74) is 2.42. The summed E-state index contributed by atoms with van der Waals surface area (Å²) in [7, 11) is 0. The van der Waals surface area contributed by atoms with E-state index in [1.54, 1.807) is 0 Å². The maximum atomic E-state index is 6.16. The normalized spacial score (nSPS) is 16.7. The lowest BCUT2D eigenvalue weighted by Crippen LogP contribution is -2.27. The first-order valence-corrected chi connectivity index (χ1v) is 7.20. The zero-order chi connectivity index (χ0) is 12.4. The van der Waals surface area contributed by atoms with Gasteiger partial charge in [-0.15, -0.1) is 0 Å². The van der Waals surface area contributed by atoms with E-state index in [2.05, 4.69) is 22.6 Å². The molecule has 1 heterocycles. The molecule has 0 saturated heterocycles. The van der Waals surface area contributed by atoms with Gasteiger partial charge in [0, 0.05) is 17.6 Å². The van der Waals surface area contributed by atoms with Gasteiger partial charge in [0.05, 0.1) is 10.5 Å². The number of benzene rings is 1. The van der Waals surface area contributed by atoms with Crippen molar-refractivity contribution in [3.05, 3.63) is 35.0 Å². The number of fused-ring (bicyclic) bond motifs is 1. The third kappa shape index (κ3) is 2.40. The van der Waals surface area contributed by atoms with Gasteiger partial charge in [-0.25, -0.2) is 0 Å². The molecular weight excluding hydrogens is 244 g/mol. The molecule has 2 aromatic rings. The summed E-state index contributed by atoms with van der Waals surface area (Å²) in [5.74, 6) is 0. The van der Waals surface area contributed by atoms with Crippen molar-refractivity contribution in [1.82, 2.24) is 10.3 Å².